The largest absolute Gasteiger partial charge is 0.487 e. The average molecular weight is 640 g/mol. The van der Waals surface area contributed by atoms with Crippen LogP contribution in [0.2, 0.25) is 0 Å². The first-order valence-electron chi connectivity index (χ1n) is 15.1. The van der Waals surface area contributed by atoms with Crippen LogP contribution in [0.15, 0.2) is 89.8 Å². The molecular formula is C33H41N3O8S. The Morgan fingerprint density at radius 1 is 0.956 bits per heavy atom. The van der Waals surface area contributed by atoms with E-state index in [0.29, 0.717) is 11.4 Å². The molecule has 2 saturated heterocycles. The van der Waals surface area contributed by atoms with Gasteiger partial charge in [0.05, 0.1) is 36.2 Å². The second-order valence-electron chi connectivity index (χ2n) is 11.8. The summed E-state index contributed by atoms with van der Waals surface area (Å²) in [5, 5.41) is 14.3. The summed E-state index contributed by atoms with van der Waals surface area (Å²) in [5.41, 5.74) is 7.06. The lowest BCUT2D eigenvalue weighted by Crippen LogP contribution is -2.52. The molecular weight excluding hydrogens is 598 g/mol. The number of carbonyl (C=O) groups excluding carboxylic acids is 1. The van der Waals surface area contributed by atoms with Crippen molar-refractivity contribution < 1.29 is 37.3 Å². The van der Waals surface area contributed by atoms with Crippen molar-refractivity contribution in [1.82, 2.24) is 9.62 Å². The van der Waals surface area contributed by atoms with Crippen LogP contribution in [0, 0.1) is 11.8 Å². The van der Waals surface area contributed by atoms with Crippen LogP contribution < -0.4 is 15.8 Å². The molecule has 0 saturated carbocycles. The molecule has 0 aliphatic carbocycles. The summed E-state index contributed by atoms with van der Waals surface area (Å²) in [6.07, 6.45) is -3.38. The van der Waals surface area contributed by atoms with Crippen molar-refractivity contribution in [3.05, 3.63) is 90.5 Å². The van der Waals surface area contributed by atoms with E-state index in [1.54, 1.807) is 0 Å². The number of benzene rings is 3. The fraction of sp³-hybridized carbons (Fsp3) is 0.424. The van der Waals surface area contributed by atoms with Gasteiger partial charge < -0.3 is 35.1 Å². The van der Waals surface area contributed by atoms with E-state index in [2.05, 4.69) is 5.32 Å². The molecule has 0 bridgehead atoms. The Labute approximate surface area is 264 Å². The lowest BCUT2D eigenvalue weighted by atomic mass is 10.00. The van der Waals surface area contributed by atoms with Crippen molar-refractivity contribution >= 4 is 21.8 Å². The normalized spacial score (nSPS) is 22.6. The Hall–Kier alpha value is -3.68. The number of fused-ring (bicyclic) bond motifs is 1. The van der Waals surface area contributed by atoms with Gasteiger partial charge in [-0.15, -0.1) is 0 Å². The van der Waals surface area contributed by atoms with E-state index < -0.39 is 40.7 Å². The van der Waals surface area contributed by atoms with Crippen LogP contribution in [0.3, 0.4) is 0 Å². The number of sulfonamides is 1. The predicted molar refractivity (Wildman–Crippen MR) is 168 cm³/mol. The van der Waals surface area contributed by atoms with Crippen LogP contribution in [-0.4, -0.2) is 80.9 Å². The zero-order chi connectivity index (χ0) is 32.0. The van der Waals surface area contributed by atoms with E-state index in [1.165, 1.54) is 28.6 Å². The number of aliphatic hydroxyl groups is 1. The summed E-state index contributed by atoms with van der Waals surface area (Å²) in [5.74, 6) is 0.300. The van der Waals surface area contributed by atoms with Crippen molar-refractivity contribution in [2.75, 3.05) is 32.0 Å². The molecule has 3 aromatic rings. The Kier molecular flexibility index (Phi) is 10.6. The first-order chi connectivity index (χ1) is 21.6. The van der Waals surface area contributed by atoms with Gasteiger partial charge in [0.15, 0.2) is 6.29 Å². The van der Waals surface area contributed by atoms with Gasteiger partial charge in [0.1, 0.15) is 18.0 Å². The molecule has 45 heavy (non-hydrogen) atoms. The van der Waals surface area contributed by atoms with Crippen LogP contribution in [0.1, 0.15) is 19.4 Å². The maximum atomic E-state index is 13.6. The molecule has 0 aromatic heterocycles. The lowest BCUT2D eigenvalue weighted by molar-refractivity contribution is -0.0910. The van der Waals surface area contributed by atoms with Gasteiger partial charge in [-0.1, -0.05) is 62.4 Å². The summed E-state index contributed by atoms with van der Waals surface area (Å²) in [7, 11) is -3.97. The lowest BCUT2D eigenvalue weighted by Gasteiger charge is -2.31. The molecule has 12 heteroatoms. The molecule has 2 fully saturated rings. The zero-order valence-electron chi connectivity index (χ0n) is 25.4. The molecule has 11 nitrogen and oxygen atoms in total. The first-order valence-corrected chi connectivity index (χ1v) is 16.5. The third-order valence-corrected chi connectivity index (χ3v) is 9.70. The number of hydrogen-bond acceptors (Lipinski definition) is 9. The quantitative estimate of drug-likeness (QED) is 0.239. The number of hydrogen-bond donors (Lipinski definition) is 3. The first kappa shape index (κ1) is 32.7. The molecule has 1 unspecified atom stereocenters. The van der Waals surface area contributed by atoms with Gasteiger partial charge in [-0.05, 0) is 54.3 Å². The highest BCUT2D eigenvalue weighted by Gasteiger charge is 2.51. The minimum absolute atomic E-state index is 0.0266. The molecule has 242 valence electrons. The topological polar surface area (TPSA) is 150 Å². The van der Waals surface area contributed by atoms with Gasteiger partial charge in [0.25, 0.3) is 0 Å². The third kappa shape index (κ3) is 8.33. The van der Waals surface area contributed by atoms with Crippen LogP contribution in [-0.2, 0) is 30.7 Å². The van der Waals surface area contributed by atoms with Gasteiger partial charge in [-0.3, -0.25) is 0 Å². The number of nitrogen functional groups attached to an aromatic ring is 1. The van der Waals surface area contributed by atoms with Crippen molar-refractivity contribution in [1.29, 1.82) is 0 Å². The number of anilines is 1. The highest BCUT2D eigenvalue weighted by molar-refractivity contribution is 7.89. The molecule has 3 aromatic carbocycles. The Balaban J connectivity index is 1.30. The van der Waals surface area contributed by atoms with Crippen molar-refractivity contribution in [2.45, 2.75) is 55.8 Å². The maximum Gasteiger partial charge on any atom is 0.407 e. The number of para-hydroxylation sites is 1. The number of nitrogens with one attached hydrogen (secondary N) is 1. The summed E-state index contributed by atoms with van der Waals surface area (Å²) >= 11 is 0. The minimum atomic E-state index is -3.97. The number of aliphatic hydroxyl groups excluding tert-OH is 1. The molecule has 1 amide bonds. The molecule has 2 aliphatic rings. The molecule has 6 atom stereocenters. The number of nitrogens with two attached hydrogens (primary N) is 1. The predicted octanol–water partition coefficient (Wildman–Crippen LogP) is 3.43. The Bertz CT molecular complexity index is 1490. The number of alkyl carbamates (subject to hydrolysis) is 1. The van der Waals surface area contributed by atoms with E-state index in [1.807, 2.05) is 74.5 Å². The number of carbonyl (C=O) groups is 1. The van der Waals surface area contributed by atoms with Gasteiger partial charge in [-0.25, -0.2) is 13.2 Å². The molecule has 2 aliphatic heterocycles. The number of nitrogens with zero attached hydrogens (tertiary/aromatic N) is 1. The van der Waals surface area contributed by atoms with Gasteiger partial charge in [-0.2, -0.15) is 4.31 Å². The summed E-state index contributed by atoms with van der Waals surface area (Å²) in [4.78, 5) is 13.4. The molecule has 2 heterocycles. The number of ether oxygens (including phenoxy) is 4. The molecule has 0 spiro atoms. The van der Waals surface area contributed by atoms with Crippen molar-refractivity contribution in [2.24, 2.45) is 11.8 Å². The minimum Gasteiger partial charge on any atom is -0.487 e. The molecule has 4 N–H and O–H groups in total. The van der Waals surface area contributed by atoms with Crippen LogP contribution in [0.5, 0.6) is 5.75 Å². The van der Waals surface area contributed by atoms with Gasteiger partial charge in [0, 0.05) is 18.8 Å². The highest BCUT2D eigenvalue weighted by atomic mass is 32.2. The highest BCUT2D eigenvalue weighted by Crippen LogP contribution is 2.36. The van der Waals surface area contributed by atoms with Crippen LogP contribution >= 0.6 is 0 Å². The zero-order valence-corrected chi connectivity index (χ0v) is 26.2. The van der Waals surface area contributed by atoms with E-state index in [9.17, 15) is 18.3 Å². The monoisotopic (exact) mass is 639 g/mol. The average Bonchev–Trinajstić information content (AvgIpc) is 3.60. The number of amides is 1. The Morgan fingerprint density at radius 3 is 2.22 bits per heavy atom. The fourth-order valence-corrected chi connectivity index (χ4v) is 7.26. The van der Waals surface area contributed by atoms with E-state index in [0.717, 1.165) is 5.56 Å². The summed E-state index contributed by atoms with van der Waals surface area (Å²) in [6, 6.07) is 23.7. The standard InChI is InChI=1S/C33H41N3O8S/c1-22(2)18-36(45(39,40)26-15-13-24(34)14-16-26)19-28(37)27(17-23-9-5-3-6-10-23)35-33(38)44-30-21-42-32-31(30)29(20-41-32)43-25-11-7-4-8-12-25/h3-16,22,27-32,37H,17-21,34H2,1-2H3,(H,35,38)/t27-,28+,29-,30?,31-,32+/m0/s1. The van der Waals surface area contributed by atoms with E-state index >= 15 is 0 Å². The second kappa shape index (κ2) is 14.6. The molecule has 5 rings (SSSR count). The third-order valence-electron chi connectivity index (χ3n) is 7.85. The Morgan fingerprint density at radius 2 is 1.58 bits per heavy atom. The van der Waals surface area contributed by atoms with Gasteiger partial charge >= 0.3 is 6.09 Å². The van der Waals surface area contributed by atoms with Crippen molar-refractivity contribution in [3.8, 4) is 5.75 Å². The van der Waals surface area contributed by atoms with E-state index in [-0.39, 0.29) is 55.6 Å². The summed E-state index contributed by atoms with van der Waals surface area (Å²) in [6.45, 7) is 4.12. The van der Waals surface area contributed by atoms with Gasteiger partial charge in [0.2, 0.25) is 10.0 Å². The van der Waals surface area contributed by atoms with Crippen LogP contribution in [0.4, 0.5) is 10.5 Å². The summed E-state index contributed by atoms with van der Waals surface area (Å²) < 4.78 is 52.0. The SMILES string of the molecule is CC(C)CN(C[C@@H](O)[C@H](Cc1ccccc1)NC(=O)OC1CO[C@H]2OC[C@H](Oc3ccccc3)[C@@H]12)S(=O)(=O)c1ccc(N)cc1. The van der Waals surface area contributed by atoms with Crippen LogP contribution in [0.25, 0.3) is 0 Å². The second-order valence-corrected chi connectivity index (χ2v) is 13.8. The smallest absolute Gasteiger partial charge is 0.407 e. The maximum absolute atomic E-state index is 13.6. The fourth-order valence-electron chi connectivity index (χ4n) is 5.64. The molecule has 0 radical (unpaired) electrons. The van der Waals surface area contributed by atoms with E-state index in [4.69, 9.17) is 24.7 Å². The number of rotatable bonds is 13. The van der Waals surface area contributed by atoms with Crippen molar-refractivity contribution in [3.63, 3.8) is 0 Å².